The molecule has 0 spiro atoms. The molecule has 0 saturated heterocycles. The number of aromatic nitrogens is 2. The van der Waals surface area contributed by atoms with E-state index in [0.717, 1.165) is 5.69 Å². The Morgan fingerprint density at radius 1 is 1.00 bits per heavy atom. The van der Waals surface area contributed by atoms with E-state index < -0.39 is 9.84 Å². The number of benzene rings is 3. The first-order valence-corrected chi connectivity index (χ1v) is 13.0. The molecule has 36 heavy (non-hydrogen) atoms. The lowest BCUT2D eigenvalue weighted by Gasteiger charge is -2.14. The summed E-state index contributed by atoms with van der Waals surface area (Å²) >= 11 is 0. The van der Waals surface area contributed by atoms with E-state index >= 15 is 0 Å². The zero-order chi connectivity index (χ0) is 25.7. The van der Waals surface area contributed by atoms with E-state index in [0.29, 0.717) is 34.2 Å². The van der Waals surface area contributed by atoms with Gasteiger partial charge < -0.3 is 14.8 Å². The Bertz CT molecular complexity index is 1480. The van der Waals surface area contributed by atoms with Gasteiger partial charge in [0.2, 0.25) is 5.91 Å². The number of carbonyl (C=O) groups is 1. The second kappa shape index (κ2) is 10.7. The van der Waals surface area contributed by atoms with Crippen molar-refractivity contribution in [3.8, 4) is 22.9 Å². The minimum absolute atomic E-state index is 0.0289. The standard InChI is InChI=1S/C27H27N3O5S/c1-4-36(32,33)24-11-8-20(9-12-24)16-27(31)28-21-10-13-25(30-15-14-19(2)29-30)26(17-21)35-23-7-5-6-22(18-23)34-3/h5-15,17-18H,4,16H2,1-3H3,(H,28,31). The van der Waals surface area contributed by atoms with Crippen molar-refractivity contribution in [1.29, 1.82) is 0 Å². The fourth-order valence-electron chi connectivity index (χ4n) is 3.58. The first-order chi connectivity index (χ1) is 17.3. The van der Waals surface area contributed by atoms with Crippen molar-refractivity contribution in [3.05, 3.63) is 90.3 Å². The van der Waals surface area contributed by atoms with Gasteiger partial charge in [0.15, 0.2) is 15.6 Å². The summed E-state index contributed by atoms with van der Waals surface area (Å²) in [5.74, 6) is 1.52. The summed E-state index contributed by atoms with van der Waals surface area (Å²) in [6, 6.07) is 20.8. The molecule has 8 nitrogen and oxygen atoms in total. The lowest BCUT2D eigenvalue weighted by Crippen LogP contribution is -2.15. The van der Waals surface area contributed by atoms with Gasteiger partial charge in [0.1, 0.15) is 17.2 Å². The molecule has 0 bridgehead atoms. The second-order valence-electron chi connectivity index (χ2n) is 8.14. The molecule has 0 aliphatic carbocycles. The summed E-state index contributed by atoms with van der Waals surface area (Å²) in [5.41, 5.74) is 2.82. The Morgan fingerprint density at radius 2 is 1.75 bits per heavy atom. The van der Waals surface area contributed by atoms with E-state index in [4.69, 9.17) is 9.47 Å². The first-order valence-electron chi connectivity index (χ1n) is 11.4. The molecular weight excluding hydrogens is 478 g/mol. The van der Waals surface area contributed by atoms with E-state index in [9.17, 15) is 13.2 Å². The molecule has 1 heterocycles. The number of methoxy groups -OCH3 is 1. The highest BCUT2D eigenvalue weighted by Gasteiger charge is 2.14. The van der Waals surface area contributed by atoms with Crippen LogP contribution in [0.3, 0.4) is 0 Å². The lowest BCUT2D eigenvalue weighted by atomic mass is 10.1. The topological polar surface area (TPSA) is 99.5 Å². The number of nitrogens with zero attached hydrogens (tertiary/aromatic N) is 2. The molecule has 4 rings (SSSR count). The normalized spacial score (nSPS) is 11.2. The van der Waals surface area contributed by atoms with Gasteiger partial charge in [-0.15, -0.1) is 0 Å². The molecule has 1 amide bonds. The number of ether oxygens (including phenoxy) is 2. The Morgan fingerprint density at radius 3 is 2.42 bits per heavy atom. The third-order valence-corrected chi connectivity index (χ3v) is 7.26. The highest BCUT2D eigenvalue weighted by Crippen LogP contribution is 2.32. The zero-order valence-corrected chi connectivity index (χ0v) is 21.1. The van der Waals surface area contributed by atoms with Crippen molar-refractivity contribution in [1.82, 2.24) is 9.78 Å². The smallest absolute Gasteiger partial charge is 0.228 e. The molecule has 0 fully saturated rings. The summed E-state index contributed by atoms with van der Waals surface area (Å²) in [6.45, 7) is 3.50. The summed E-state index contributed by atoms with van der Waals surface area (Å²) < 4.78 is 37.2. The van der Waals surface area contributed by atoms with Crippen LogP contribution >= 0.6 is 0 Å². The fraction of sp³-hybridized carbons (Fsp3) is 0.185. The summed E-state index contributed by atoms with van der Waals surface area (Å²) in [6.07, 6.45) is 1.93. The van der Waals surface area contributed by atoms with Crippen molar-refractivity contribution < 1.29 is 22.7 Å². The van der Waals surface area contributed by atoms with E-state index in [1.807, 2.05) is 43.5 Å². The zero-order valence-electron chi connectivity index (χ0n) is 20.3. The SMILES string of the molecule is CCS(=O)(=O)c1ccc(CC(=O)Nc2ccc(-n3ccc(C)n3)c(Oc3cccc(OC)c3)c2)cc1. The minimum Gasteiger partial charge on any atom is -0.497 e. The van der Waals surface area contributed by atoms with Crippen LogP contribution in [0.25, 0.3) is 5.69 Å². The van der Waals surface area contributed by atoms with Crippen molar-refractivity contribution >= 4 is 21.4 Å². The highest BCUT2D eigenvalue weighted by molar-refractivity contribution is 7.91. The van der Waals surface area contributed by atoms with Gasteiger partial charge in [-0.1, -0.05) is 25.1 Å². The number of rotatable bonds is 9. The third-order valence-electron chi connectivity index (χ3n) is 5.51. The van der Waals surface area contributed by atoms with Crippen LogP contribution in [0.4, 0.5) is 5.69 Å². The molecule has 9 heteroatoms. The number of nitrogens with one attached hydrogen (secondary N) is 1. The third kappa shape index (κ3) is 5.92. The Kier molecular flexibility index (Phi) is 7.40. The van der Waals surface area contributed by atoms with Crippen molar-refractivity contribution in [2.24, 2.45) is 0 Å². The molecule has 1 N–H and O–H groups in total. The number of sulfone groups is 1. The maximum Gasteiger partial charge on any atom is 0.228 e. The van der Waals surface area contributed by atoms with E-state index in [1.54, 1.807) is 49.0 Å². The molecule has 0 radical (unpaired) electrons. The molecule has 4 aromatic rings. The van der Waals surface area contributed by atoms with Gasteiger partial charge in [-0.05, 0) is 55.0 Å². The molecule has 0 aliphatic rings. The van der Waals surface area contributed by atoms with Gasteiger partial charge in [0.25, 0.3) is 0 Å². The summed E-state index contributed by atoms with van der Waals surface area (Å²) in [4.78, 5) is 13.0. The van der Waals surface area contributed by atoms with E-state index in [2.05, 4.69) is 10.4 Å². The first kappa shape index (κ1) is 25.0. The maximum absolute atomic E-state index is 12.7. The summed E-state index contributed by atoms with van der Waals surface area (Å²) in [5, 5.41) is 7.36. The van der Waals surface area contributed by atoms with Crippen molar-refractivity contribution in [2.75, 3.05) is 18.2 Å². The highest BCUT2D eigenvalue weighted by atomic mass is 32.2. The van der Waals surface area contributed by atoms with E-state index in [1.165, 1.54) is 12.1 Å². The van der Waals surface area contributed by atoms with Crippen molar-refractivity contribution in [2.45, 2.75) is 25.2 Å². The number of aryl methyl sites for hydroxylation is 1. The molecule has 0 unspecified atom stereocenters. The van der Waals surface area contributed by atoms with Crippen LogP contribution < -0.4 is 14.8 Å². The average Bonchev–Trinajstić information content (AvgIpc) is 3.30. The number of hydrogen-bond acceptors (Lipinski definition) is 6. The average molecular weight is 506 g/mol. The molecule has 1 aromatic heterocycles. The van der Waals surface area contributed by atoms with Gasteiger partial charge in [0.05, 0.1) is 29.9 Å². The molecule has 0 aliphatic heterocycles. The van der Waals surface area contributed by atoms with Crippen LogP contribution in [-0.2, 0) is 21.1 Å². The largest absolute Gasteiger partial charge is 0.497 e. The Balaban J connectivity index is 1.55. The van der Waals surface area contributed by atoms with Crippen LogP contribution in [0.2, 0.25) is 0 Å². The Labute approximate surface area is 210 Å². The van der Waals surface area contributed by atoms with Crippen LogP contribution in [0.5, 0.6) is 17.2 Å². The van der Waals surface area contributed by atoms with Crippen LogP contribution in [-0.4, -0.2) is 37.0 Å². The number of amides is 1. The van der Waals surface area contributed by atoms with Gasteiger partial charge in [-0.3, -0.25) is 4.79 Å². The van der Waals surface area contributed by atoms with Crippen molar-refractivity contribution in [3.63, 3.8) is 0 Å². The Hall–Kier alpha value is -4.11. The van der Waals surface area contributed by atoms with Crippen LogP contribution in [0.15, 0.2) is 83.9 Å². The van der Waals surface area contributed by atoms with Gasteiger partial charge in [-0.25, -0.2) is 13.1 Å². The summed E-state index contributed by atoms with van der Waals surface area (Å²) in [7, 11) is -1.70. The predicted octanol–water partition coefficient (Wildman–Crippen LogP) is 4.96. The molecule has 0 atom stereocenters. The van der Waals surface area contributed by atoms with Gasteiger partial charge in [-0.2, -0.15) is 5.10 Å². The van der Waals surface area contributed by atoms with Gasteiger partial charge in [0, 0.05) is 24.0 Å². The van der Waals surface area contributed by atoms with Crippen LogP contribution in [0, 0.1) is 6.92 Å². The maximum atomic E-state index is 12.7. The quantitative estimate of drug-likeness (QED) is 0.345. The lowest BCUT2D eigenvalue weighted by molar-refractivity contribution is -0.115. The predicted molar refractivity (Wildman–Crippen MR) is 138 cm³/mol. The molecule has 186 valence electrons. The number of hydrogen-bond donors (Lipinski definition) is 1. The van der Waals surface area contributed by atoms with Crippen LogP contribution in [0.1, 0.15) is 18.2 Å². The molecule has 3 aromatic carbocycles. The van der Waals surface area contributed by atoms with E-state index in [-0.39, 0.29) is 23.0 Å². The fourth-order valence-corrected chi connectivity index (χ4v) is 4.46. The van der Waals surface area contributed by atoms with Gasteiger partial charge >= 0.3 is 0 Å². The monoisotopic (exact) mass is 505 g/mol. The minimum atomic E-state index is -3.28. The molecular formula is C27H27N3O5S. The number of anilines is 1. The number of carbonyl (C=O) groups excluding carboxylic acids is 1. The molecule has 0 saturated carbocycles. The second-order valence-corrected chi connectivity index (χ2v) is 10.4.